The van der Waals surface area contributed by atoms with Crippen molar-refractivity contribution in [3.05, 3.63) is 53.6 Å². The smallest absolute Gasteiger partial charge is 0.257 e. The number of nitrogens with zero attached hydrogens (tertiary/aromatic N) is 2. The number of aromatic nitrogens is 1. The molecule has 7 nitrogen and oxygen atoms in total. The molecule has 164 valence electrons. The molecule has 1 saturated heterocycles. The average Bonchev–Trinajstić information content (AvgIpc) is 3.15. The maximum absolute atomic E-state index is 13.0. The summed E-state index contributed by atoms with van der Waals surface area (Å²) in [7, 11) is -3.64. The van der Waals surface area contributed by atoms with Gasteiger partial charge in [-0.3, -0.25) is 10.1 Å². The van der Waals surface area contributed by atoms with Crippen molar-refractivity contribution in [2.24, 2.45) is 0 Å². The fourth-order valence-electron chi connectivity index (χ4n) is 3.77. The number of hydrogen-bond acceptors (Lipinski definition) is 6. The van der Waals surface area contributed by atoms with Gasteiger partial charge in [0.2, 0.25) is 10.0 Å². The molecule has 2 atom stereocenters. The van der Waals surface area contributed by atoms with E-state index >= 15 is 0 Å². The van der Waals surface area contributed by atoms with E-state index in [9.17, 15) is 13.2 Å². The van der Waals surface area contributed by atoms with Crippen LogP contribution >= 0.6 is 11.3 Å². The molecule has 1 aliphatic heterocycles. The van der Waals surface area contributed by atoms with Crippen LogP contribution < -0.4 is 5.32 Å². The number of rotatable bonds is 5. The molecule has 2 heterocycles. The van der Waals surface area contributed by atoms with Gasteiger partial charge in [-0.1, -0.05) is 30.4 Å². The van der Waals surface area contributed by atoms with Gasteiger partial charge in [-0.15, -0.1) is 0 Å². The third-order valence-electron chi connectivity index (χ3n) is 5.24. The lowest BCUT2D eigenvalue weighted by Gasteiger charge is -2.34. The Bertz CT molecular complexity index is 1200. The largest absolute Gasteiger partial charge is 0.373 e. The number of anilines is 1. The summed E-state index contributed by atoms with van der Waals surface area (Å²) in [4.78, 5) is 17.4. The van der Waals surface area contributed by atoms with E-state index in [0.717, 1.165) is 22.2 Å². The van der Waals surface area contributed by atoms with Gasteiger partial charge in [0, 0.05) is 18.7 Å². The highest BCUT2D eigenvalue weighted by molar-refractivity contribution is 7.89. The highest BCUT2D eigenvalue weighted by atomic mass is 32.2. The zero-order chi connectivity index (χ0) is 22.2. The SMILES string of the molecule is CCc1cccc2sc(NC(=O)c3ccc(S(=O)(=O)N4CC(C)OC(C)C4)cc3)nc12. The molecule has 31 heavy (non-hydrogen) atoms. The minimum Gasteiger partial charge on any atom is -0.373 e. The van der Waals surface area contributed by atoms with Crippen LogP contribution in [0.25, 0.3) is 10.2 Å². The van der Waals surface area contributed by atoms with Crippen molar-refractivity contribution in [3.8, 4) is 0 Å². The van der Waals surface area contributed by atoms with Crippen LogP contribution in [0.1, 0.15) is 36.7 Å². The maximum Gasteiger partial charge on any atom is 0.257 e. The van der Waals surface area contributed by atoms with Crippen LogP contribution in [-0.2, 0) is 21.2 Å². The molecule has 1 aliphatic rings. The number of sulfonamides is 1. The summed E-state index contributed by atoms with van der Waals surface area (Å²) in [5.41, 5.74) is 2.41. The number of ether oxygens (including phenoxy) is 1. The molecular formula is C22H25N3O4S2. The molecule has 0 aliphatic carbocycles. The zero-order valence-electron chi connectivity index (χ0n) is 17.7. The Morgan fingerprint density at radius 1 is 1.16 bits per heavy atom. The van der Waals surface area contributed by atoms with Gasteiger partial charge in [-0.2, -0.15) is 4.31 Å². The van der Waals surface area contributed by atoms with E-state index in [0.29, 0.717) is 23.8 Å². The van der Waals surface area contributed by atoms with E-state index in [1.54, 1.807) is 0 Å². The highest BCUT2D eigenvalue weighted by Crippen LogP contribution is 2.29. The van der Waals surface area contributed by atoms with Crippen LogP contribution in [0.2, 0.25) is 0 Å². The van der Waals surface area contributed by atoms with Gasteiger partial charge in [0.25, 0.3) is 5.91 Å². The standard InChI is InChI=1S/C22H25N3O4S2/c1-4-16-6-5-7-19-20(16)23-22(30-19)24-21(26)17-8-10-18(11-9-17)31(27,28)25-12-14(2)29-15(3)13-25/h5-11,14-15H,4,12-13H2,1-3H3,(H,23,24,26). The van der Waals surface area contributed by atoms with Crippen molar-refractivity contribution < 1.29 is 17.9 Å². The van der Waals surface area contributed by atoms with Crippen LogP contribution in [0.15, 0.2) is 47.4 Å². The number of nitrogens with one attached hydrogen (secondary N) is 1. The number of para-hydroxylation sites is 1. The molecule has 9 heteroatoms. The number of aryl methyl sites for hydroxylation is 1. The number of hydrogen-bond donors (Lipinski definition) is 1. The van der Waals surface area contributed by atoms with E-state index in [4.69, 9.17) is 4.74 Å². The van der Waals surface area contributed by atoms with Crippen LogP contribution in [0.3, 0.4) is 0 Å². The van der Waals surface area contributed by atoms with Crippen molar-refractivity contribution in [1.82, 2.24) is 9.29 Å². The predicted octanol–water partition coefficient (Wildman–Crippen LogP) is 3.91. The summed E-state index contributed by atoms with van der Waals surface area (Å²) in [6, 6.07) is 12.0. The first-order valence-electron chi connectivity index (χ1n) is 10.2. The first kappa shape index (κ1) is 21.9. The van der Waals surface area contributed by atoms with Crippen molar-refractivity contribution >= 4 is 42.6 Å². The fourth-order valence-corrected chi connectivity index (χ4v) is 6.27. The predicted molar refractivity (Wildman–Crippen MR) is 122 cm³/mol. The third kappa shape index (κ3) is 4.50. The van der Waals surface area contributed by atoms with Crippen molar-refractivity contribution in [2.45, 2.75) is 44.3 Å². The van der Waals surface area contributed by atoms with E-state index in [1.807, 2.05) is 32.0 Å². The molecule has 0 spiro atoms. The number of morpholine rings is 1. The average molecular weight is 460 g/mol. The number of amides is 1. The van der Waals surface area contributed by atoms with Crippen LogP contribution in [0.5, 0.6) is 0 Å². The number of benzene rings is 2. The summed E-state index contributed by atoms with van der Waals surface area (Å²) >= 11 is 1.42. The van der Waals surface area contributed by atoms with Gasteiger partial charge in [-0.25, -0.2) is 13.4 Å². The Balaban J connectivity index is 1.51. The monoisotopic (exact) mass is 459 g/mol. The number of carbonyl (C=O) groups is 1. The molecular weight excluding hydrogens is 434 g/mol. The number of carbonyl (C=O) groups excluding carboxylic acids is 1. The van der Waals surface area contributed by atoms with Crippen molar-refractivity contribution in [2.75, 3.05) is 18.4 Å². The maximum atomic E-state index is 13.0. The van der Waals surface area contributed by atoms with E-state index in [1.165, 1.54) is 39.9 Å². The molecule has 4 rings (SSSR count). The van der Waals surface area contributed by atoms with Crippen molar-refractivity contribution in [1.29, 1.82) is 0 Å². The quantitative estimate of drug-likeness (QED) is 0.625. The van der Waals surface area contributed by atoms with Crippen LogP contribution in [0.4, 0.5) is 5.13 Å². The second kappa shape index (κ2) is 8.66. The first-order valence-corrected chi connectivity index (χ1v) is 12.5. The normalized spacial score (nSPS) is 20.1. The first-order chi connectivity index (χ1) is 14.8. The second-order valence-electron chi connectivity index (χ2n) is 7.69. The van der Waals surface area contributed by atoms with Gasteiger partial charge in [0.05, 0.1) is 27.3 Å². The lowest BCUT2D eigenvalue weighted by atomic mass is 10.1. The Labute approximate surface area is 186 Å². The molecule has 1 amide bonds. The summed E-state index contributed by atoms with van der Waals surface area (Å²) in [5.74, 6) is -0.324. The van der Waals surface area contributed by atoms with Gasteiger partial charge >= 0.3 is 0 Å². The molecule has 1 N–H and O–H groups in total. The van der Waals surface area contributed by atoms with Crippen molar-refractivity contribution in [3.63, 3.8) is 0 Å². The summed E-state index contributed by atoms with van der Waals surface area (Å²) < 4.78 is 34.0. The molecule has 0 saturated carbocycles. The summed E-state index contributed by atoms with van der Waals surface area (Å²) in [5, 5.41) is 3.35. The zero-order valence-corrected chi connectivity index (χ0v) is 19.3. The van der Waals surface area contributed by atoms with Gasteiger partial charge in [0.1, 0.15) is 0 Å². The number of fused-ring (bicyclic) bond motifs is 1. The molecule has 2 aromatic carbocycles. The Kier molecular flexibility index (Phi) is 6.11. The van der Waals surface area contributed by atoms with E-state index < -0.39 is 10.0 Å². The minimum atomic E-state index is -3.64. The minimum absolute atomic E-state index is 0.161. The number of thiazole rings is 1. The summed E-state index contributed by atoms with van der Waals surface area (Å²) in [6.07, 6.45) is 0.543. The summed E-state index contributed by atoms with van der Waals surface area (Å²) in [6.45, 7) is 6.41. The lowest BCUT2D eigenvalue weighted by molar-refractivity contribution is -0.0440. The van der Waals surface area contributed by atoms with Crippen LogP contribution in [-0.4, -0.2) is 48.9 Å². The second-order valence-corrected chi connectivity index (χ2v) is 10.7. The topological polar surface area (TPSA) is 88.6 Å². The molecule has 0 bridgehead atoms. The molecule has 0 radical (unpaired) electrons. The van der Waals surface area contributed by atoms with E-state index in [2.05, 4.69) is 17.2 Å². The Morgan fingerprint density at radius 2 is 1.84 bits per heavy atom. The van der Waals surface area contributed by atoms with E-state index in [-0.39, 0.29) is 23.0 Å². The molecule has 2 unspecified atom stereocenters. The third-order valence-corrected chi connectivity index (χ3v) is 8.03. The molecule has 3 aromatic rings. The van der Waals surface area contributed by atoms with Gasteiger partial charge in [0.15, 0.2) is 5.13 Å². The highest BCUT2D eigenvalue weighted by Gasteiger charge is 2.32. The molecule has 1 aromatic heterocycles. The van der Waals surface area contributed by atoms with Gasteiger partial charge < -0.3 is 4.74 Å². The Hall–Kier alpha value is -2.33. The Morgan fingerprint density at radius 3 is 2.48 bits per heavy atom. The van der Waals surface area contributed by atoms with Crippen LogP contribution in [0, 0.1) is 0 Å². The lowest BCUT2D eigenvalue weighted by Crippen LogP contribution is -2.48. The van der Waals surface area contributed by atoms with Gasteiger partial charge in [-0.05, 0) is 56.2 Å². The fraction of sp³-hybridized carbons (Fsp3) is 0.364. The molecule has 1 fully saturated rings.